The highest BCUT2D eigenvalue weighted by atomic mass is 32.2. The molecular formula is C7H8N4O2S. The Morgan fingerprint density at radius 2 is 2.29 bits per heavy atom. The van der Waals surface area contributed by atoms with Crippen molar-refractivity contribution in [3.8, 4) is 5.40 Å². The van der Waals surface area contributed by atoms with Crippen LogP contribution in [0.2, 0.25) is 0 Å². The number of thioether (sulfide) groups is 1. The molecule has 3 N–H and O–H groups in total. The van der Waals surface area contributed by atoms with E-state index in [0.717, 1.165) is 0 Å². The maximum Gasteiger partial charge on any atom is 0.329 e. The molecular weight excluding hydrogens is 204 g/mol. The number of nitrogens with two attached hydrogens (primary N) is 1. The maximum absolute atomic E-state index is 11.2. The molecule has 0 radical (unpaired) electrons. The van der Waals surface area contributed by atoms with Crippen LogP contribution in [0.5, 0.6) is 0 Å². The Balaban J connectivity index is 3.54. The first kappa shape index (κ1) is 10.4. The van der Waals surface area contributed by atoms with E-state index in [1.54, 1.807) is 12.3 Å². The average molecular weight is 212 g/mol. The number of H-pyrrole nitrogens is 1. The number of rotatable bonds is 2. The van der Waals surface area contributed by atoms with E-state index in [9.17, 15) is 9.59 Å². The van der Waals surface area contributed by atoms with Gasteiger partial charge in [0, 0.05) is 6.54 Å². The molecule has 0 aromatic carbocycles. The predicted molar refractivity (Wildman–Crippen MR) is 52.9 cm³/mol. The van der Waals surface area contributed by atoms with Gasteiger partial charge in [-0.2, -0.15) is 5.26 Å². The van der Waals surface area contributed by atoms with E-state index in [2.05, 4.69) is 4.98 Å². The summed E-state index contributed by atoms with van der Waals surface area (Å²) in [6.07, 6.45) is 0. The lowest BCUT2D eigenvalue weighted by molar-refractivity contribution is 0.691. The molecule has 0 atom stereocenters. The standard InChI is InChI=1S/C7H8N4O2S/c1-2-11-5(9)4(14-3-8)6(12)10-7(11)13/h2,9H2,1H3,(H,10,12,13). The zero-order chi connectivity index (χ0) is 10.7. The molecule has 0 fully saturated rings. The number of nitriles is 1. The molecule has 0 aliphatic rings. The van der Waals surface area contributed by atoms with Crippen LogP contribution in [0.15, 0.2) is 14.5 Å². The number of nitrogen functional groups attached to an aromatic ring is 1. The van der Waals surface area contributed by atoms with Crippen LogP contribution in [-0.2, 0) is 6.54 Å². The van der Waals surface area contributed by atoms with E-state index in [4.69, 9.17) is 11.0 Å². The smallest absolute Gasteiger partial charge is 0.329 e. The highest BCUT2D eigenvalue weighted by molar-refractivity contribution is 8.03. The van der Waals surface area contributed by atoms with Crippen LogP contribution in [0.25, 0.3) is 0 Å². The summed E-state index contributed by atoms with van der Waals surface area (Å²) in [6, 6.07) is 0. The number of anilines is 1. The number of nitrogens with zero attached hydrogens (tertiary/aromatic N) is 2. The molecule has 0 saturated carbocycles. The average Bonchev–Trinajstić information content (AvgIpc) is 2.12. The number of aromatic amines is 1. The Kier molecular flexibility index (Phi) is 2.99. The van der Waals surface area contributed by atoms with Crippen LogP contribution in [0.3, 0.4) is 0 Å². The quantitative estimate of drug-likeness (QED) is 0.517. The van der Waals surface area contributed by atoms with Gasteiger partial charge in [-0.15, -0.1) is 0 Å². The van der Waals surface area contributed by atoms with Gasteiger partial charge in [-0.25, -0.2) is 4.79 Å². The van der Waals surface area contributed by atoms with Gasteiger partial charge in [-0.3, -0.25) is 14.3 Å². The van der Waals surface area contributed by atoms with Gasteiger partial charge in [-0.1, -0.05) is 0 Å². The Bertz CT molecular complexity index is 496. The zero-order valence-electron chi connectivity index (χ0n) is 7.40. The Morgan fingerprint density at radius 1 is 1.64 bits per heavy atom. The summed E-state index contributed by atoms with van der Waals surface area (Å²) in [7, 11) is 0. The lowest BCUT2D eigenvalue weighted by Gasteiger charge is -2.07. The second-order valence-electron chi connectivity index (χ2n) is 2.41. The molecule has 0 saturated heterocycles. The summed E-state index contributed by atoms with van der Waals surface area (Å²) in [5.41, 5.74) is 4.37. The van der Waals surface area contributed by atoms with Gasteiger partial charge in [0.15, 0.2) is 0 Å². The third-order valence-corrected chi connectivity index (χ3v) is 2.35. The van der Waals surface area contributed by atoms with Crippen LogP contribution < -0.4 is 17.0 Å². The topological polar surface area (TPSA) is 105 Å². The van der Waals surface area contributed by atoms with Crippen molar-refractivity contribution in [2.24, 2.45) is 0 Å². The van der Waals surface area contributed by atoms with Gasteiger partial charge in [-0.05, 0) is 18.7 Å². The largest absolute Gasteiger partial charge is 0.384 e. The van der Waals surface area contributed by atoms with Crippen molar-refractivity contribution in [2.45, 2.75) is 18.4 Å². The number of thiocyanates is 1. The second kappa shape index (κ2) is 4.02. The molecule has 1 aromatic heterocycles. The molecule has 1 rings (SSSR count). The molecule has 0 amide bonds. The van der Waals surface area contributed by atoms with Crippen molar-refractivity contribution < 1.29 is 0 Å². The molecule has 1 aromatic rings. The highest BCUT2D eigenvalue weighted by Gasteiger charge is 2.11. The predicted octanol–water partition coefficient (Wildman–Crippen LogP) is -0.288. The van der Waals surface area contributed by atoms with E-state index in [1.165, 1.54) is 4.57 Å². The van der Waals surface area contributed by atoms with Crippen molar-refractivity contribution in [3.05, 3.63) is 20.8 Å². The molecule has 0 spiro atoms. The van der Waals surface area contributed by atoms with E-state index >= 15 is 0 Å². The molecule has 1 heterocycles. The molecule has 0 bridgehead atoms. The van der Waals surface area contributed by atoms with E-state index in [-0.39, 0.29) is 10.7 Å². The monoisotopic (exact) mass is 212 g/mol. The Labute approximate surface area is 83.4 Å². The van der Waals surface area contributed by atoms with Crippen LogP contribution in [0.1, 0.15) is 6.92 Å². The summed E-state index contributed by atoms with van der Waals surface area (Å²) >= 11 is 0.644. The summed E-state index contributed by atoms with van der Waals surface area (Å²) in [5.74, 6) is 0.0350. The van der Waals surface area contributed by atoms with E-state index < -0.39 is 11.2 Å². The fourth-order valence-corrected chi connectivity index (χ4v) is 1.48. The molecule has 0 aliphatic carbocycles. The summed E-state index contributed by atoms with van der Waals surface area (Å²) < 4.78 is 1.20. The second-order valence-corrected chi connectivity index (χ2v) is 3.21. The van der Waals surface area contributed by atoms with Crippen molar-refractivity contribution in [3.63, 3.8) is 0 Å². The van der Waals surface area contributed by atoms with Gasteiger partial charge in [0.1, 0.15) is 16.1 Å². The SMILES string of the molecule is CCn1c(N)c(SC#N)c(=O)[nH]c1=O. The number of nitrogens with one attached hydrogen (secondary N) is 1. The molecule has 74 valence electrons. The fraction of sp³-hybridized carbons (Fsp3) is 0.286. The lowest BCUT2D eigenvalue weighted by Crippen LogP contribution is -2.32. The first-order chi connectivity index (χ1) is 6.61. The highest BCUT2D eigenvalue weighted by Crippen LogP contribution is 2.17. The summed E-state index contributed by atoms with van der Waals surface area (Å²) in [4.78, 5) is 24.5. The molecule has 6 nitrogen and oxygen atoms in total. The third kappa shape index (κ3) is 1.65. The molecule has 0 aliphatic heterocycles. The minimum absolute atomic E-state index is 0.0350. The van der Waals surface area contributed by atoms with Gasteiger partial charge in [0.2, 0.25) is 0 Å². The van der Waals surface area contributed by atoms with Crippen LogP contribution in [0.4, 0.5) is 5.82 Å². The van der Waals surface area contributed by atoms with Gasteiger partial charge < -0.3 is 5.73 Å². The van der Waals surface area contributed by atoms with Crippen LogP contribution in [-0.4, -0.2) is 9.55 Å². The van der Waals surface area contributed by atoms with Gasteiger partial charge in [0.05, 0.1) is 0 Å². The minimum atomic E-state index is -0.622. The maximum atomic E-state index is 11.2. The Morgan fingerprint density at radius 3 is 2.79 bits per heavy atom. The fourth-order valence-electron chi connectivity index (χ4n) is 1.03. The van der Waals surface area contributed by atoms with Gasteiger partial charge >= 0.3 is 5.69 Å². The molecule has 7 heteroatoms. The minimum Gasteiger partial charge on any atom is -0.384 e. The summed E-state index contributed by atoms with van der Waals surface area (Å²) in [5, 5.41) is 10.2. The van der Waals surface area contributed by atoms with Crippen molar-refractivity contribution in [1.29, 1.82) is 5.26 Å². The zero-order valence-corrected chi connectivity index (χ0v) is 8.22. The van der Waals surface area contributed by atoms with Crippen LogP contribution in [0, 0.1) is 10.7 Å². The van der Waals surface area contributed by atoms with Crippen LogP contribution >= 0.6 is 11.8 Å². The Hall–Kier alpha value is -1.68. The number of aromatic nitrogens is 2. The first-order valence-corrected chi connectivity index (χ1v) is 4.62. The first-order valence-electron chi connectivity index (χ1n) is 3.80. The number of hydrogen-bond donors (Lipinski definition) is 2. The van der Waals surface area contributed by atoms with Crippen molar-refractivity contribution in [1.82, 2.24) is 9.55 Å². The van der Waals surface area contributed by atoms with Crippen molar-refractivity contribution in [2.75, 3.05) is 5.73 Å². The normalized spacial score (nSPS) is 9.71. The lowest BCUT2D eigenvalue weighted by atomic mass is 10.5. The number of hydrogen-bond acceptors (Lipinski definition) is 5. The van der Waals surface area contributed by atoms with Gasteiger partial charge in [0.25, 0.3) is 5.56 Å². The molecule has 14 heavy (non-hydrogen) atoms. The van der Waals surface area contributed by atoms with Crippen molar-refractivity contribution >= 4 is 17.6 Å². The van der Waals surface area contributed by atoms with E-state index in [0.29, 0.717) is 18.3 Å². The van der Waals surface area contributed by atoms with E-state index in [1.807, 2.05) is 0 Å². The summed E-state index contributed by atoms with van der Waals surface area (Å²) in [6.45, 7) is 2.07. The third-order valence-electron chi connectivity index (χ3n) is 1.66. The molecule has 0 unspecified atom stereocenters.